The van der Waals surface area contributed by atoms with Crippen LogP contribution in [0, 0.1) is 5.82 Å². The average molecular weight is 511 g/mol. The van der Waals surface area contributed by atoms with Crippen LogP contribution in [0.1, 0.15) is 46.1 Å². The first-order valence-corrected chi connectivity index (χ1v) is 12.1. The Morgan fingerprint density at radius 2 is 1.89 bits per heavy atom. The molecule has 1 spiro atoms. The fourth-order valence-electron chi connectivity index (χ4n) is 4.78. The molecule has 0 bridgehead atoms. The van der Waals surface area contributed by atoms with E-state index in [1.165, 1.54) is 23.1 Å². The van der Waals surface area contributed by atoms with Crippen LogP contribution in [0.2, 0.25) is 0 Å². The van der Waals surface area contributed by atoms with E-state index < -0.39 is 35.2 Å². The van der Waals surface area contributed by atoms with Crippen molar-refractivity contribution in [3.63, 3.8) is 0 Å². The third-order valence-corrected chi connectivity index (χ3v) is 6.33. The van der Waals surface area contributed by atoms with Crippen molar-refractivity contribution in [3.8, 4) is 0 Å². The second kappa shape index (κ2) is 10.2. The quantitative estimate of drug-likeness (QED) is 0.608. The summed E-state index contributed by atoms with van der Waals surface area (Å²) in [7, 11) is 0. The van der Waals surface area contributed by atoms with E-state index in [0.29, 0.717) is 5.69 Å². The van der Waals surface area contributed by atoms with Crippen LogP contribution in [0.3, 0.4) is 0 Å². The Balaban J connectivity index is 1.62. The Bertz CT molecular complexity index is 1210. The summed E-state index contributed by atoms with van der Waals surface area (Å²) in [6.45, 7) is 7.35. The number of halogens is 1. The van der Waals surface area contributed by atoms with Gasteiger partial charge in [-0.1, -0.05) is 36.4 Å². The van der Waals surface area contributed by atoms with Gasteiger partial charge < -0.3 is 14.4 Å². The Morgan fingerprint density at radius 3 is 2.54 bits per heavy atom. The van der Waals surface area contributed by atoms with E-state index in [1.54, 1.807) is 31.7 Å². The molecule has 2 heterocycles. The SMILES string of the molecule is C[C@H]1C[C@]2(CCN1C(=O)OCc1ccccc1)C(=NC(=O)OC(C)(C)C)NC(=O)N2c1cccc(F)c1. The highest BCUT2D eigenvalue weighted by atomic mass is 19.1. The van der Waals surface area contributed by atoms with Crippen molar-refractivity contribution in [1.29, 1.82) is 0 Å². The molecule has 37 heavy (non-hydrogen) atoms. The van der Waals surface area contributed by atoms with E-state index in [9.17, 15) is 18.8 Å². The minimum Gasteiger partial charge on any atom is -0.445 e. The van der Waals surface area contributed by atoms with Crippen molar-refractivity contribution in [2.45, 2.75) is 64.3 Å². The van der Waals surface area contributed by atoms with Gasteiger partial charge in [0.05, 0.1) is 0 Å². The number of piperidine rings is 1. The number of hydrogen-bond donors (Lipinski definition) is 1. The lowest BCUT2D eigenvalue weighted by molar-refractivity contribution is 0.0585. The van der Waals surface area contributed by atoms with Gasteiger partial charge in [-0.05, 0) is 64.3 Å². The van der Waals surface area contributed by atoms with Gasteiger partial charge in [-0.15, -0.1) is 0 Å². The molecule has 0 aromatic heterocycles. The Morgan fingerprint density at radius 1 is 1.16 bits per heavy atom. The van der Waals surface area contributed by atoms with E-state index in [2.05, 4.69) is 10.3 Å². The molecule has 2 atom stereocenters. The van der Waals surface area contributed by atoms with Gasteiger partial charge in [0.25, 0.3) is 0 Å². The van der Waals surface area contributed by atoms with Crippen LogP contribution in [0.25, 0.3) is 0 Å². The second-order valence-corrected chi connectivity index (χ2v) is 10.3. The van der Waals surface area contributed by atoms with E-state index in [-0.39, 0.29) is 37.9 Å². The fourth-order valence-corrected chi connectivity index (χ4v) is 4.78. The number of nitrogens with zero attached hydrogens (tertiary/aromatic N) is 3. The molecule has 10 heteroatoms. The van der Waals surface area contributed by atoms with Crippen molar-refractivity contribution in [2.75, 3.05) is 11.4 Å². The van der Waals surface area contributed by atoms with Crippen molar-refractivity contribution in [1.82, 2.24) is 10.2 Å². The molecule has 0 unspecified atom stereocenters. The minimum atomic E-state index is -1.11. The molecule has 2 aromatic carbocycles. The summed E-state index contributed by atoms with van der Waals surface area (Å²) < 4.78 is 25.0. The number of amides is 4. The normalized spacial score (nSPS) is 22.8. The largest absolute Gasteiger partial charge is 0.445 e. The van der Waals surface area contributed by atoms with Crippen LogP contribution in [-0.4, -0.2) is 52.7 Å². The number of aliphatic imine (C=N–C) groups is 1. The first-order chi connectivity index (χ1) is 17.5. The Kier molecular flexibility index (Phi) is 7.20. The summed E-state index contributed by atoms with van der Waals surface area (Å²) in [5.74, 6) is -0.395. The maximum Gasteiger partial charge on any atom is 0.435 e. The van der Waals surface area contributed by atoms with Gasteiger partial charge in [-0.2, -0.15) is 4.99 Å². The van der Waals surface area contributed by atoms with Crippen LogP contribution in [-0.2, 0) is 16.1 Å². The average Bonchev–Trinajstić information content (AvgIpc) is 3.06. The van der Waals surface area contributed by atoms with Gasteiger partial charge in [0.1, 0.15) is 29.4 Å². The molecule has 2 saturated heterocycles. The summed E-state index contributed by atoms with van der Waals surface area (Å²) in [4.78, 5) is 45.8. The van der Waals surface area contributed by atoms with Crippen LogP contribution in [0.5, 0.6) is 0 Å². The molecule has 1 N–H and O–H groups in total. The second-order valence-electron chi connectivity index (χ2n) is 10.3. The number of rotatable bonds is 3. The third-order valence-electron chi connectivity index (χ3n) is 6.33. The van der Waals surface area contributed by atoms with Gasteiger partial charge in [-0.3, -0.25) is 10.2 Å². The first-order valence-electron chi connectivity index (χ1n) is 12.1. The topological polar surface area (TPSA) is 101 Å². The number of anilines is 1. The third kappa shape index (κ3) is 5.73. The van der Waals surface area contributed by atoms with Crippen molar-refractivity contribution < 1.29 is 28.2 Å². The maximum atomic E-state index is 14.1. The van der Waals surface area contributed by atoms with Crippen LogP contribution >= 0.6 is 0 Å². The van der Waals surface area contributed by atoms with E-state index in [4.69, 9.17) is 9.47 Å². The standard InChI is InChI=1S/C27H31FN4O5/c1-18-16-27(13-14-31(18)25(35)36-17-19-9-6-5-7-10-19)22(30-24(34)37-26(2,3)4)29-23(33)32(27)21-12-8-11-20(28)15-21/h5-12,15,18H,13-14,16-17H2,1-4H3,(H,29,30,33,34)/t18-,27+/m0/s1. The highest BCUT2D eigenvalue weighted by Crippen LogP contribution is 2.40. The molecular weight excluding hydrogens is 479 g/mol. The molecular formula is C27H31FN4O5. The number of urea groups is 1. The van der Waals surface area contributed by atoms with E-state index in [0.717, 1.165) is 5.56 Å². The molecule has 9 nitrogen and oxygen atoms in total. The molecule has 2 fully saturated rings. The number of hydrogen-bond acceptors (Lipinski definition) is 5. The number of nitrogens with one attached hydrogen (secondary N) is 1. The first kappa shape index (κ1) is 26.1. The van der Waals surface area contributed by atoms with Crippen molar-refractivity contribution in [2.24, 2.45) is 4.99 Å². The lowest BCUT2D eigenvalue weighted by Crippen LogP contribution is -2.60. The van der Waals surface area contributed by atoms with Gasteiger partial charge in [0.15, 0.2) is 0 Å². The van der Waals surface area contributed by atoms with Crippen molar-refractivity contribution in [3.05, 3.63) is 66.0 Å². The summed E-state index contributed by atoms with van der Waals surface area (Å²) >= 11 is 0. The highest BCUT2D eigenvalue weighted by Gasteiger charge is 2.55. The lowest BCUT2D eigenvalue weighted by atomic mass is 9.81. The van der Waals surface area contributed by atoms with Gasteiger partial charge in [0.2, 0.25) is 0 Å². The number of carbonyl (C=O) groups is 3. The highest BCUT2D eigenvalue weighted by molar-refractivity contribution is 6.20. The molecule has 2 aliphatic rings. The zero-order valence-corrected chi connectivity index (χ0v) is 21.4. The number of carbonyl (C=O) groups excluding carboxylic acids is 3. The number of likely N-dealkylation sites (tertiary alicyclic amines) is 1. The van der Waals surface area contributed by atoms with E-state index >= 15 is 0 Å². The summed E-state index contributed by atoms with van der Waals surface area (Å²) in [6, 6.07) is 14.1. The summed E-state index contributed by atoms with van der Waals surface area (Å²) in [6.07, 6.45) is -0.842. The molecule has 0 saturated carbocycles. The predicted molar refractivity (Wildman–Crippen MR) is 136 cm³/mol. The smallest absolute Gasteiger partial charge is 0.435 e. The number of amidine groups is 1. The monoisotopic (exact) mass is 510 g/mol. The van der Waals surface area contributed by atoms with Crippen molar-refractivity contribution >= 4 is 29.7 Å². The summed E-state index contributed by atoms with van der Waals surface area (Å²) in [5, 5.41) is 2.69. The lowest BCUT2D eigenvalue weighted by Gasteiger charge is -2.46. The summed E-state index contributed by atoms with van der Waals surface area (Å²) in [5.41, 5.74) is -0.707. The zero-order valence-electron chi connectivity index (χ0n) is 21.4. The molecule has 0 radical (unpaired) electrons. The molecule has 2 aromatic rings. The molecule has 4 amide bonds. The predicted octanol–water partition coefficient (Wildman–Crippen LogP) is 5.25. The minimum absolute atomic E-state index is 0.111. The maximum absolute atomic E-state index is 14.1. The molecule has 4 rings (SSSR count). The zero-order chi connectivity index (χ0) is 26.8. The number of benzene rings is 2. The van der Waals surface area contributed by atoms with Crippen LogP contribution < -0.4 is 10.2 Å². The van der Waals surface area contributed by atoms with Gasteiger partial charge in [-0.25, -0.2) is 18.8 Å². The molecule has 196 valence electrons. The van der Waals surface area contributed by atoms with Gasteiger partial charge >= 0.3 is 18.2 Å². The van der Waals surface area contributed by atoms with Crippen LogP contribution in [0.4, 0.5) is 24.5 Å². The van der Waals surface area contributed by atoms with Gasteiger partial charge in [0, 0.05) is 18.3 Å². The number of ether oxygens (including phenoxy) is 2. The Labute approximate surface area is 215 Å². The molecule has 2 aliphatic heterocycles. The molecule has 0 aliphatic carbocycles. The Hall–Kier alpha value is -3.95. The van der Waals surface area contributed by atoms with E-state index in [1.807, 2.05) is 37.3 Å². The van der Waals surface area contributed by atoms with Crippen LogP contribution in [0.15, 0.2) is 59.6 Å². The fraction of sp³-hybridized carbons (Fsp3) is 0.407.